The zero-order valence-corrected chi connectivity index (χ0v) is 48.7. The molecule has 0 amide bonds. The SMILES string of the molecule is CC/C=C\C/C=C\C/C=C\C/C=C\C/C=C\C/C=C\C/C=C\CCCCCCCCCCCC(=O)OCC(COC(=O)CCCCCCC/C=C\CCC)OC(=O)CCC/C=C\C/C=C\C/C=C\C/C=C\C/C=C\CC. The number of rotatable bonds is 53. The molecule has 0 aliphatic carbocycles. The Morgan fingerprint density at radius 2 is 0.526 bits per heavy atom. The molecule has 0 N–H and O–H groups in total. The molecule has 0 saturated heterocycles. The van der Waals surface area contributed by atoms with Crippen molar-refractivity contribution in [2.75, 3.05) is 13.2 Å². The van der Waals surface area contributed by atoms with Crippen LogP contribution in [0.1, 0.15) is 245 Å². The van der Waals surface area contributed by atoms with E-state index in [1.165, 1.54) is 51.4 Å². The standard InChI is InChI=1S/C70H110O6/c1-4-7-10-13-16-19-22-24-26-28-29-30-31-32-33-34-35-36-37-38-39-40-41-43-44-46-48-51-54-57-60-63-69(72)75-66-67(65-74-68(71)62-59-56-53-50-21-18-15-12-9-6-3)76-70(73)64-61-58-55-52-49-47-45-42-27-25-23-20-17-14-11-8-5-2/h7-8,10-12,15-17,19-20,24-27,29-30,32-33,35-36,38-39,45,47,52,55,67H,4-6,9,13-14,18,21-23,28,31,34,37,40-44,46,48-51,53-54,56-66H2,1-3H3/b10-7-,11-8-,15-12-,19-16-,20-17-,26-24-,27-25-,30-29-,33-32-,36-35-,39-38-,47-45-,55-52-. The molecule has 0 aliphatic heterocycles. The van der Waals surface area contributed by atoms with Gasteiger partial charge in [0, 0.05) is 19.3 Å². The summed E-state index contributed by atoms with van der Waals surface area (Å²) in [6.07, 6.45) is 91.2. The third-order valence-corrected chi connectivity index (χ3v) is 12.2. The quantitative estimate of drug-likeness (QED) is 0.0261. The van der Waals surface area contributed by atoms with Crippen LogP contribution in [-0.2, 0) is 28.6 Å². The second-order valence-corrected chi connectivity index (χ2v) is 19.5. The monoisotopic (exact) mass is 1050 g/mol. The molecule has 0 spiro atoms. The lowest BCUT2D eigenvalue weighted by Gasteiger charge is -2.18. The van der Waals surface area contributed by atoms with Crippen molar-refractivity contribution in [3.8, 4) is 0 Å². The molecule has 76 heavy (non-hydrogen) atoms. The van der Waals surface area contributed by atoms with Crippen molar-refractivity contribution in [1.82, 2.24) is 0 Å². The first-order valence-corrected chi connectivity index (χ1v) is 30.5. The van der Waals surface area contributed by atoms with Crippen LogP contribution in [0.15, 0.2) is 158 Å². The Balaban J connectivity index is 4.32. The third kappa shape index (κ3) is 59.9. The highest BCUT2D eigenvalue weighted by molar-refractivity contribution is 5.71. The van der Waals surface area contributed by atoms with Crippen LogP contribution in [0.3, 0.4) is 0 Å². The summed E-state index contributed by atoms with van der Waals surface area (Å²) in [4.78, 5) is 38.1. The van der Waals surface area contributed by atoms with Crippen molar-refractivity contribution < 1.29 is 28.6 Å². The van der Waals surface area contributed by atoms with E-state index in [0.717, 1.165) is 148 Å². The van der Waals surface area contributed by atoms with Gasteiger partial charge in [0.25, 0.3) is 0 Å². The Hall–Kier alpha value is -4.97. The summed E-state index contributed by atoms with van der Waals surface area (Å²) in [5.74, 6) is -0.995. The van der Waals surface area contributed by atoms with Gasteiger partial charge in [-0.05, 0) is 135 Å². The first-order chi connectivity index (χ1) is 37.5. The lowest BCUT2D eigenvalue weighted by Crippen LogP contribution is -2.30. The Labute approximate surface area is 467 Å². The average molecular weight is 1050 g/mol. The minimum absolute atomic E-state index is 0.113. The average Bonchev–Trinajstić information content (AvgIpc) is 3.42. The maximum absolute atomic E-state index is 12.8. The van der Waals surface area contributed by atoms with Gasteiger partial charge in [-0.1, -0.05) is 249 Å². The van der Waals surface area contributed by atoms with Crippen molar-refractivity contribution in [1.29, 1.82) is 0 Å². The fourth-order valence-corrected chi connectivity index (χ4v) is 7.75. The molecular formula is C70H110O6. The zero-order chi connectivity index (χ0) is 55.0. The zero-order valence-electron chi connectivity index (χ0n) is 48.7. The van der Waals surface area contributed by atoms with Gasteiger partial charge in [0.15, 0.2) is 6.10 Å². The largest absolute Gasteiger partial charge is 0.462 e. The fraction of sp³-hybridized carbons (Fsp3) is 0.586. The molecule has 0 fully saturated rings. The van der Waals surface area contributed by atoms with Gasteiger partial charge >= 0.3 is 17.9 Å². The summed E-state index contributed by atoms with van der Waals surface area (Å²) in [6.45, 7) is 6.27. The normalized spacial score (nSPS) is 13.2. The Morgan fingerprint density at radius 3 is 0.855 bits per heavy atom. The van der Waals surface area contributed by atoms with E-state index < -0.39 is 6.10 Å². The molecular weight excluding hydrogens is 937 g/mol. The molecule has 0 heterocycles. The summed E-state index contributed by atoms with van der Waals surface area (Å²) in [5, 5.41) is 0. The van der Waals surface area contributed by atoms with Crippen molar-refractivity contribution in [2.24, 2.45) is 0 Å². The molecule has 0 aromatic heterocycles. The molecule has 0 aromatic rings. The minimum Gasteiger partial charge on any atom is -0.462 e. The molecule has 1 unspecified atom stereocenters. The van der Waals surface area contributed by atoms with Crippen molar-refractivity contribution in [2.45, 2.75) is 252 Å². The van der Waals surface area contributed by atoms with E-state index >= 15 is 0 Å². The Morgan fingerprint density at radius 1 is 0.276 bits per heavy atom. The predicted molar refractivity (Wildman–Crippen MR) is 329 cm³/mol. The number of unbranched alkanes of at least 4 members (excludes halogenated alkanes) is 16. The highest BCUT2D eigenvalue weighted by Crippen LogP contribution is 2.14. The van der Waals surface area contributed by atoms with E-state index in [-0.39, 0.29) is 37.5 Å². The Bertz CT molecular complexity index is 1720. The highest BCUT2D eigenvalue weighted by Gasteiger charge is 2.19. The van der Waals surface area contributed by atoms with Gasteiger partial charge in [-0.2, -0.15) is 0 Å². The van der Waals surface area contributed by atoms with Gasteiger partial charge in [0.05, 0.1) is 0 Å². The molecule has 6 heteroatoms. The third-order valence-electron chi connectivity index (χ3n) is 12.2. The maximum Gasteiger partial charge on any atom is 0.306 e. The Kier molecular flexibility index (Phi) is 58.5. The number of hydrogen-bond acceptors (Lipinski definition) is 6. The lowest BCUT2D eigenvalue weighted by atomic mass is 10.1. The summed E-state index contributed by atoms with van der Waals surface area (Å²) >= 11 is 0. The number of esters is 3. The summed E-state index contributed by atoms with van der Waals surface area (Å²) in [7, 11) is 0. The molecule has 0 bridgehead atoms. The van der Waals surface area contributed by atoms with Crippen LogP contribution in [-0.4, -0.2) is 37.2 Å². The van der Waals surface area contributed by atoms with Crippen molar-refractivity contribution in [3.05, 3.63) is 158 Å². The summed E-state index contributed by atoms with van der Waals surface area (Å²) < 4.78 is 16.8. The van der Waals surface area contributed by atoms with Crippen LogP contribution >= 0.6 is 0 Å². The van der Waals surface area contributed by atoms with Gasteiger partial charge in [-0.25, -0.2) is 0 Å². The molecule has 0 aliphatic rings. The van der Waals surface area contributed by atoms with Crippen LogP contribution in [0.5, 0.6) is 0 Å². The number of ether oxygens (including phenoxy) is 3. The fourth-order valence-electron chi connectivity index (χ4n) is 7.75. The van der Waals surface area contributed by atoms with E-state index in [2.05, 4.69) is 179 Å². The van der Waals surface area contributed by atoms with Crippen molar-refractivity contribution >= 4 is 17.9 Å². The lowest BCUT2D eigenvalue weighted by molar-refractivity contribution is -0.167. The molecule has 0 radical (unpaired) electrons. The molecule has 0 rings (SSSR count). The number of carbonyl (C=O) groups is 3. The van der Waals surface area contributed by atoms with Crippen LogP contribution < -0.4 is 0 Å². The topological polar surface area (TPSA) is 78.9 Å². The van der Waals surface area contributed by atoms with Crippen molar-refractivity contribution in [3.63, 3.8) is 0 Å². The second-order valence-electron chi connectivity index (χ2n) is 19.5. The smallest absolute Gasteiger partial charge is 0.306 e. The highest BCUT2D eigenvalue weighted by atomic mass is 16.6. The maximum atomic E-state index is 12.8. The first-order valence-electron chi connectivity index (χ1n) is 30.5. The number of allylic oxidation sites excluding steroid dienone is 26. The summed E-state index contributed by atoms with van der Waals surface area (Å²) in [5.41, 5.74) is 0. The van der Waals surface area contributed by atoms with Crippen LogP contribution in [0.4, 0.5) is 0 Å². The first kappa shape index (κ1) is 71.0. The van der Waals surface area contributed by atoms with E-state index in [1.54, 1.807) is 0 Å². The molecule has 426 valence electrons. The minimum atomic E-state index is -0.820. The van der Waals surface area contributed by atoms with Gasteiger partial charge in [-0.15, -0.1) is 0 Å². The summed E-state index contributed by atoms with van der Waals surface area (Å²) in [6, 6.07) is 0. The molecule has 6 nitrogen and oxygen atoms in total. The van der Waals surface area contributed by atoms with Gasteiger partial charge < -0.3 is 14.2 Å². The molecule has 0 saturated carbocycles. The number of carbonyl (C=O) groups excluding carboxylic acids is 3. The van der Waals surface area contributed by atoms with E-state index in [9.17, 15) is 14.4 Å². The molecule has 0 aromatic carbocycles. The second kappa shape index (κ2) is 62.6. The van der Waals surface area contributed by atoms with Crippen LogP contribution in [0, 0.1) is 0 Å². The molecule has 1 atom stereocenters. The van der Waals surface area contributed by atoms with Crippen LogP contribution in [0.2, 0.25) is 0 Å². The van der Waals surface area contributed by atoms with Gasteiger partial charge in [0.2, 0.25) is 0 Å². The van der Waals surface area contributed by atoms with E-state index in [4.69, 9.17) is 14.2 Å². The predicted octanol–water partition coefficient (Wildman–Crippen LogP) is 20.9. The van der Waals surface area contributed by atoms with Gasteiger partial charge in [0.1, 0.15) is 13.2 Å². The van der Waals surface area contributed by atoms with E-state index in [1.807, 2.05) is 0 Å². The van der Waals surface area contributed by atoms with Gasteiger partial charge in [-0.3, -0.25) is 14.4 Å². The number of hydrogen-bond donors (Lipinski definition) is 0. The van der Waals surface area contributed by atoms with Crippen LogP contribution in [0.25, 0.3) is 0 Å². The van der Waals surface area contributed by atoms with E-state index in [0.29, 0.717) is 19.3 Å².